The molecule has 0 unspecified atom stereocenters. The quantitative estimate of drug-likeness (QED) is 0.715. The van der Waals surface area contributed by atoms with E-state index in [1.807, 2.05) is 20.8 Å². The first-order valence-electron chi connectivity index (χ1n) is 7.70. The molecule has 2 heterocycles. The third kappa shape index (κ3) is 4.46. The standard InChI is InChI=1S/C15H24FN5OS/c1-15(2,3)7-9(12(17)22)20-13-11(16)14(19-8-18-13)21-6-4-5-10(21)23/h8-10,23H,4-7H2,1-3H3,(H2,17,22)(H,18,19,20)/t9-,10+/m1/s1. The zero-order chi connectivity index (χ0) is 17.2. The van der Waals surface area contributed by atoms with E-state index in [4.69, 9.17) is 5.73 Å². The zero-order valence-corrected chi connectivity index (χ0v) is 14.6. The van der Waals surface area contributed by atoms with Crippen molar-refractivity contribution in [1.82, 2.24) is 9.97 Å². The number of carbonyl (C=O) groups is 1. The van der Waals surface area contributed by atoms with Gasteiger partial charge >= 0.3 is 0 Å². The highest BCUT2D eigenvalue weighted by Crippen LogP contribution is 2.30. The molecule has 1 aliphatic heterocycles. The number of anilines is 2. The van der Waals surface area contributed by atoms with E-state index in [0.29, 0.717) is 13.0 Å². The number of aromatic nitrogens is 2. The van der Waals surface area contributed by atoms with E-state index in [1.54, 1.807) is 4.90 Å². The van der Waals surface area contributed by atoms with Crippen molar-refractivity contribution in [3.05, 3.63) is 12.1 Å². The fourth-order valence-electron chi connectivity index (χ4n) is 2.66. The first kappa shape index (κ1) is 17.8. The predicted molar refractivity (Wildman–Crippen MR) is 92.0 cm³/mol. The van der Waals surface area contributed by atoms with Crippen LogP contribution in [0.5, 0.6) is 0 Å². The largest absolute Gasteiger partial charge is 0.368 e. The second-order valence-corrected chi connectivity index (χ2v) is 7.64. The Morgan fingerprint density at radius 1 is 1.57 bits per heavy atom. The Bertz CT molecular complexity index is 577. The van der Waals surface area contributed by atoms with Gasteiger partial charge in [0.1, 0.15) is 12.4 Å². The molecule has 1 fully saturated rings. The summed E-state index contributed by atoms with van der Waals surface area (Å²) >= 11 is 4.44. The number of hydrogen-bond acceptors (Lipinski definition) is 6. The van der Waals surface area contributed by atoms with Crippen molar-refractivity contribution >= 4 is 30.2 Å². The fourth-order valence-corrected chi connectivity index (χ4v) is 3.07. The molecule has 23 heavy (non-hydrogen) atoms. The highest BCUT2D eigenvalue weighted by molar-refractivity contribution is 7.81. The van der Waals surface area contributed by atoms with Crippen molar-refractivity contribution in [3.63, 3.8) is 0 Å². The Morgan fingerprint density at radius 2 is 2.26 bits per heavy atom. The normalized spacial score (nSPS) is 19.7. The van der Waals surface area contributed by atoms with Gasteiger partial charge in [-0.2, -0.15) is 17.0 Å². The van der Waals surface area contributed by atoms with Crippen LogP contribution >= 0.6 is 12.6 Å². The topological polar surface area (TPSA) is 84.1 Å². The van der Waals surface area contributed by atoms with Gasteiger partial charge in [-0.25, -0.2) is 9.97 Å². The maximum atomic E-state index is 14.7. The van der Waals surface area contributed by atoms with Crippen LogP contribution in [0.25, 0.3) is 0 Å². The Labute approximate surface area is 141 Å². The molecule has 1 aromatic rings. The van der Waals surface area contributed by atoms with Crippen LogP contribution in [0.2, 0.25) is 0 Å². The van der Waals surface area contributed by atoms with Gasteiger partial charge < -0.3 is 16.0 Å². The van der Waals surface area contributed by atoms with Crippen LogP contribution < -0.4 is 16.0 Å². The number of amides is 1. The van der Waals surface area contributed by atoms with Crippen molar-refractivity contribution in [2.45, 2.75) is 51.4 Å². The Balaban J connectivity index is 2.24. The molecule has 1 saturated heterocycles. The van der Waals surface area contributed by atoms with Gasteiger partial charge in [0.15, 0.2) is 11.6 Å². The molecule has 0 saturated carbocycles. The second-order valence-electron chi connectivity index (χ2n) is 7.04. The smallest absolute Gasteiger partial charge is 0.239 e. The number of rotatable bonds is 5. The van der Waals surface area contributed by atoms with E-state index in [0.717, 1.165) is 12.8 Å². The molecule has 0 aliphatic carbocycles. The van der Waals surface area contributed by atoms with Gasteiger partial charge in [0, 0.05) is 6.54 Å². The van der Waals surface area contributed by atoms with E-state index >= 15 is 0 Å². The molecule has 2 rings (SSSR count). The van der Waals surface area contributed by atoms with Crippen molar-refractivity contribution in [2.24, 2.45) is 11.1 Å². The van der Waals surface area contributed by atoms with Gasteiger partial charge in [-0.1, -0.05) is 20.8 Å². The predicted octanol–water partition coefficient (Wildman–Crippen LogP) is 2.17. The van der Waals surface area contributed by atoms with Crippen molar-refractivity contribution in [2.75, 3.05) is 16.8 Å². The summed E-state index contributed by atoms with van der Waals surface area (Å²) in [5.41, 5.74) is 5.30. The summed E-state index contributed by atoms with van der Waals surface area (Å²) in [7, 11) is 0. The number of carbonyl (C=O) groups excluding carboxylic acids is 1. The molecule has 1 amide bonds. The minimum Gasteiger partial charge on any atom is -0.368 e. The summed E-state index contributed by atoms with van der Waals surface area (Å²) in [6.45, 7) is 6.66. The van der Waals surface area contributed by atoms with Crippen LogP contribution in [0, 0.1) is 11.2 Å². The summed E-state index contributed by atoms with van der Waals surface area (Å²) in [5.74, 6) is -0.907. The van der Waals surface area contributed by atoms with Crippen LogP contribution in [-0.4, -0.2) is 33.8 Å². The van der Waals surface area contributed by atoms with Crippen molar-refractivity contribution < 1.29 is 9.18 Å². The van der Waals surface area contributed by atoms with Gasteiger partial charge in [-0.15, -0.1) is 0 Å². The summed E-state index contributed by atoms with van der Waals surface area (Å²) in [6.07, 6.45) is 3.58. The molecule has 1 aromatic heterocycles. The van der Waals surface area contributed by atoms with Crippen LogP contribution in [0.4, 0.5) is 16.0 Å². The van der Waals surface area contributed by atoms with E-state index in [9.17, 15) is 9.18 Å². The molecule has 0 spiro atoms. The number of nitrogens with one attached hydrogen (secondary N) is 1. The molecule has 1 aliphatic rings. The SMILES string of the molecule is CC(C)(C)C[C@@H](Nc1ncnc(N2CCC[C@@H]2S)c1F)C(N)=O. The molecule has 128 valence electrons. The molecular weight excluding hydrogens is 317 g/mol. The summed E-state index contributed by atoms with van der Waals surface area (Å²) in [5, 5.41) is 2.77. The lowest BCUT2D eigenvalue weighted by Crippen LogP contribution is -2.39. The second kappa shape index (κ2) is 6.90. The monoisotopic (exact) mass is 341 g/mol. The van der Waals surface area contributed by atoms with E-state index in [-0.39, 0.29) is 22.4 Å². The zero-order valence-electron chi connectivity index (χ0n) is 13.7. The van der Waals surface area contributed by atoms with Gasteiger partial charge in [0.2, 0.25) is 11.7 Å². The lowest BCUT2D eigenvalue weighted by molar-refractivity contribution is -0.119. The Morgan fingerprint density at radius 3 is 2.78 bits per heavy atom. The maximum absolute atomic E-state index is 14.7. The molecule has 2 atom stereocenters. The highest BCUT2D eigenvalue weighted by Gasteiger charge is 2.29. The Kier molecular flexibility index (Phi) is 5.33. The minimum atomic E-state index is -0.697. The maximum Gasteiger partial charge on any atom is 0.239 e. The summed E-state index contributed by atoms with van der Waals surface area (Å²) < 4.78 is 14.7. The molecular formula is C15H24FN5OS. The number of halogens is 1. The number of primary amides is 1. The van der Waals surface area contributed by atoms with Gasteiger partial charge in [-0.3, -0.25) is 4.79 Å². The number of hydrogen-bond donors (Lipinski definition) is 3. The highest BCUT2D eigenvalue weighted by atomic mass is 32.1. The molecule has 6 nitrogen and oxygen atoms in total. The lowest BCUT2D eigenvalue weighted by Gasteiger charge is -2.26. The average Bonchev–Trinajstić information content (AvgIpc) is 2.85. The van der Waals surface area contributed by atoms with Gasteiger partial charge in [0.25, 0.3) is 0 Å². The Hall–Kier alpha value is -1.57. The number of nitrogens with two attached hydrogens (primary N) is 1. The third-order valence-corrected chi connectivity index (χ3v) is 4.27. The first-order valence-corrected chi connectivity index (χ1v) is 8.22. The molecule has 8 heteroatoms. The number of thiol groups is 1. The fraction of sp³-hybridized carbons (Fsp3) is 0.667. The van der Waals surface area contributed by atoms with Crippen molar-refractivity contribution in [3.8, 4) is 0 Å². The van der Waals surface area contributed by atoms with E-state index in [2.05, 4.69) is 27.9 Å². The van der Waals surface area contributed by atoms with Crippen LogP contribution in [0.15, 0.2) is 6.33 Å². The molecule has 0 radical (unpaired) electrons. The van der Waals surface area contributed by atoms with E-state index < -0.39 is 17.8 Å². The van der Waals surface area contributed by atoms with Crippen LogP contribution in [0.1, 0.15) is 40.0 Å². The summed E-state index contributed by atoms with van der Waals surface area (Å²) in [4.78, 5) is 21.4. The minimum absolute atomic E-state index is 0.00418. The van der Waals surface area contributed by atoms with Crippen molar-refractivity contribution in [1.29, 1.82) is 0 Å². The average molecular weight is 341 g/mol. The van der Waals surface area contributed by atoms with E-state index in [1.165, 1.54) is 6.33 Å². The number of nitrogens with zero attached hydrogens (tertiary/aromatic N) is 3. The third-order valence-electron chi connectivity index (χ3n) is 3.74. The molecule has 0 bridgehead atoms. The summed E-state index contributed by atoms with van der Waals surface area (Å²) in [6, 6.07) is -0.697. The lowest BCUT2D eigenvalue weighted by atomic mass is 9.88. The molecule has 3 N–H and O–H groups in total. The van der Waals surface area contributed by atoms with Crippen LogP contribution in [-0.2, 0) is 4.79 Å². The van der Waals surface area contributed by atoms with Crippen LogP contribution in [0.3, 0.4) is 0 Å². The molecule has 0 aromatic carbocycles. The van der Waals surface area contributed by atoms with Gasteiger partial charge in [-0.05, 0) is 24.7 Å². The van der Waals surface area contributed by atoms with Gasteiger partial charge in [0.05, 0.1) is 5.37 Å². The first-order chi connectivity index (χ1) is 10.7.